The van der Waals surface area contributed by atoms with E-state index in [-0.39, 0.29) is 23.0 Å². The van der Waals surface area contributed by atoms with Gasteiger partial charge in [-0.05, 0) is 62.4 Å². The zero-order valence-electron chi connectivity index (χ0n) is 19.7. The van der Waals surface area contributed by atoms with Gasteiger partial charge in [0.1, 0.15) is 6.33 Å². The molecule has 2 aromatic heterocycles. The number of carbonyl (C=O) groups is 2. The standard InChI is InChI=1S/C26H28N6O3/c1-3-17-12-21(35-22(17)15-27-2)24(33)28-14-20-13-26(20)8-10-32(11-9-26)25(34)19-6-4-18(5-7-19)23-29-16-30-31-23/h3-7,12,15-16,20H,2,8-11,13-14H2,1H3,(H,28,33)(H,29,30,31)/b17-3-,22-15+. The molecule has 0 radical (unpaired) electrons. The maximum Gasteiger partial charge on any atom is 0.287 e. The predicted molar refractivity (Wildman–Crippen MR) is 132 cm³/mol. The smallest absolute Gasteiger partial charge is 0.287 e. The zero-order chi connectivity index (χ0) is 24.4. The van der Waals surface area contributed by atoms with E-state index in [4.69, 9.17) is 4.42 Å². The monoisotopic (exact) mass is 472 g/mol. The van der Waals surface area contributed by atoms with Crippen LogP contribution in [0.4, 0.5) is 0 Å². The fraction of sp³-hybridized carbons (Fsp3) is 0.346. The number of rotatable bonds is 6. The minimum Gasteiger partial charge on any atom is -0.449 e. The number of nitrogens with zero attached hydrogens (tertiary/aromatic N) is 4. The zero-order valence-corrected chi connectivity index (χ0v) is 19.7. The summed E-state index contributed by atoms with van der Waals surface area (Å²) in [5, 5.41) is 10.5. The quantitative estimate of drug-likeness (QED) is 0.532. The van der Waals surface area contributed by atoms with Crippen molar-refractivity contribution >= 4 is 30.8 Å². The minimum absolute atomic E-state index is 0.0532. The van der Waals surface area contributed by atoms with E-state index in [0.717, 1.165) is 43.1 Å². The first-order valence-corrected chi connectivity index (χ1v) is 11.8. The number of aromatic amines is 1. The van der Waals surface area contributed by atoms with Gasteiger partial charge in [-0.15, -0.1) is 0 Å². The van der Waals surface area contributed by atoms with Crippen molar-refractivity contribution in [2.24, 2.45) is 16.3 Å². The van der Waals surface area contributed by atoms with Crippen LogP contribution in [0.3, 0.4) is 0 Å². The molecule has 2 amide bonds. The number of likely N-dealkylation sites (tertiary alicyclic amines) is 1. The molecule has 5 rings (SSSR count). The molecule has 180 valence electrons. The largest absolute Gasteiger partial charge is 0.449 e. The number of nitrogens with one attached hydrogen (secondary N) is 2. The summed E-state index contributed by atoms with van der Waals surface area (Å²) < 4.78 is 5.62. The molecule has 1 saturated heterocycles. The third-order valence-corrected chi connectivity index (χ3v) is 7.27. The van der Waals surface area contributed by atoms with Gasteiger partial charge < -0.3 is 14.6 Å². The molecule has 1 unspecified atom stereocenters. The van der Waals surface area contributed by atoms with E-state index < -0.39 is 0 Å². The van der Waals surface area contributed by atoms with Gasteiger partial charge in [-0.3, -0.25) is 19.7 Å². The van der Waals surface area contributed by atoms with Crippen LogP contribution in [0.15, 0.2) is 46.1 Å². The molecule has 2 aliphatic rings. The third kappa shape index (κ3) is 4.53. The summed E-state index contributed by atoms with van der Waals surface area (Å²) in [4.78, 5) is 35.4. The number of hydrogen-bond donors (Lipinski definition) is 2. The molecule has 1 saturated carbocycles. The van der Waals surface area contributed by atoms with Crippen molar-refractivity contribution in [1.29, 1.82) is 0 Å². The lowest BCUT2D eigenvalue weighted by molar-refractivity contribution is 0.0668. The number of benzene rings is 1. The van der Waals surface area contributed by atoms with E-state index in [0.29, 0.717) is 29.3 Å². The van der Waals surface area contributed by atoms with Crippen LogP contribution < -0.4 is 16.0 Å². The summed E-state index contributed by atoms with van der Waals surface area (Å²) in [6, 6.07) is 9.16. The Balaban J connectivity index is 1.13. The second kappa shape index (κ2) is 9.32. The molecule has 1 aromatic carbocycles. The molecule has 1 atom stereocenters. The number of H-pyrrole nitrogens is 1. The number of amides is 2. The first-order valence-electron chi connectivity index (χ1n) is 11.8. The van der Waals surface area contributed by atoms with Gasteiger partial charge in [0.15, 0.2) is 17.0 Å². The van der Waals surface area contributed by atoms with Crippen LogP contribution in [0.1, 0.15) is 47.1 Å². The van der Waals surface area contributed by atoms with E-state index in [1.54, 1.807) is 6.07 Å². The van der Waals surface area contributed by atoms with Crippen LogP contribution in [0, 0.1) is 11.3 Å². The van der Waals surface area contributed by atoms with E-state index >= 15 is 0 Å². The number of piperidine rings is 1. The maximum absolute atomic E-state index is 13.0. The lowest BCUT2D eigenvalue weighted by Gasteiger charge is -2.33. The number of aromatic nitrogens is 3. The van der Waals surface area contributed by atoms with Crippen LogP contribution in [0.5, 0.6) is 0 Å². The topological polar surface area (TPSA) is 116 Å². The molecule has 9 nitrogen and oxygen atoms in total. The van der Waals surface area contributed by atoms with Gasteiger partial charge in [0, 0.05) is 36.0 Å². The van der Waals surface area contributed by atoms with Crippen LogP contribution in [-0.4, -0.2) is 58.2 Å². The number of hydrogen-bond acceptors (Lipinski definition) is 6. The van der Waals surface area contributed by atoms with Crippen molar-refractivity contribution in [1.82, 2.24) is 25.4 Å². The highest BCUT2D eigenvalue weighted by molar-refractivity contribution is 5.94. The molecule has 0 bridgehead atoms. The highest BCUT2D eigenvalue weighted by atomic mass is 16.3. The Labute approximate surface area is 202 Å². The maximum atomic E-state index is 13.0. The fourth-order valence-corrected chi connectivity index (χ4v) is 5.03. The van der Waals surface area contributed by atoms with Gasteiger partial charge >= 0.3 is 0 Å². The van der Waals surface area contributed by atoms with Gasteiger partial charge in [0.05, 0.1) is 6.20 Å². The predicted octanol–water partition coefficient (Wildman–Crippen LogP) is 1.98. The first kappa shape index (κ1) is 22.8. The van der Waals surface area contributed by atoms with Crippen LogP contribution in [-0.2, 0) is 0 Å². The molecule has 3 heterocycles. The first-order chi connectivity index (χ1) is 17.0. The van der Waals surface area contributed by atoms with E-state index in [9.17, 15) is 9.59 Å². The minimum atomic E-state index is -0.222. The van der Waals surface area contributed by atoms with Crippen molar-refractivity contribution in [3.63, 3.8) is 0 Å². The van der Waals surface area contributed by atoms with Crippen molar-refractivity contribution < 1.29 is 14.0 Å². The molecule has 9 heteroatoms. The molecular formula is C26H28N6O3. The number of furan rings is 1. The van der Waals surface area contributed by atoms with E-state index in [2.05, 4.69) is 32.2 Å². The Hall–Kier alpha value is -4.01. The molecule has 1 aliphatic carbocycles. The number of carbonyl (C=O) groups excluding carboxylic acids is 2. The molecule has 2 N–H and O–H groups in total. The Kier molecular flexibility index (Phi) is 6.07. The second-order valence-electron chi connectivity index (χ2n) is 9.21. The normalized spacial score (nSPS) is 19.7. The Morgan fingerprint density at radius 2 is 2.09 bits per heavy atom. The summed E-state index contributed by atoms with van der Waals surface area (Å²) >= 11 is 0. The van der Waals surface area contributed by atoms with Gasteiger partial charge in [-0.1, -0.05) is 18.2 Å². The van der Waals surface area contributed by atoms with Crippen molar-refractivity contribution in [2.75, 3.05) is 19.6 Å². The molecule has 1 aliphatic heterocycles. The summed E-state index contributed by atoms with van der Waals surface area (Å²) in [6.45, 7) is 7.39. The van der Waals surface area contributed by atoms with Gasteiger partial charge in [-0.25, -0.2) is 4.98 Å². The average Bonchev–Trinajstić information content (AvgIpc) is 3.25. The summed E-state index contributed by atoms with van der Waals surface area (Å²) in [7, 11) is 0. The van der Waals surface area contributed by atoms with Gasteiger partial charge in [0.25, 0.3) is 11.8 Å². The van der Waals surface area contributed by atoms with Gasteiger partial charge in [0.2, 0.25) is 0 Å². The summed E-state index contributed by atoms with van der Waals surface area (Å²) in [6.07, 6.45) is 7.81. The Morgan fingerprint density at radius 1 is 1.31 bits per heavy atom. The molecule has 3 aromatic rings. The van der Waals surface area contributed by atoms with Crippen LogP contribution in [0.25, 0.3) is 23.7 Å². The third-order valence-electron chi connectivity index (χ3n) is 7.27. The van der Waals surface area contributed by atoms with Gasteiger partial charge in [-0.2, -0.15) is 5.10 Å². The highest BCUT2D eigenvalue weighted by Crippen LogP contribution is 2.59. The number of aliphatic imine (C=N–C) groups is 1. The van der Waals surface area contributed by atoms with Crippen LogP contribution >= 0.6 is 0 Å². The Bertz CT molecular complexity index is 1350. The molecule has 2 fully saturated rings. The van der Waals surface area contributed by atoms with E-state index in [1.165, 1.54) is 12.5 Å². The lowest BCUT2D eigenvalue weighted by Crippen LogP contribution is -2.40. The second-order valence-corrected chi connectivity index (χ2v) is 9.21. The van der Waals surface area contributed by atoms with Crippen molar-refractivity contribution in [3.8, 4) is 11.4 Å². The van der Waals surface area contributed by atoms with Crippen LogP contribution in [0.2, 0.25) is 0 Å². The Morgan fingerprint density at radius 3 is 2.74 bits per heavy atom. The van der Waals surface area contributed by atoms with Crippen molar-refractivity contribution in [2.45, 2.75) is 26.2 Å². The SMILES string of the molecule is C=N/C=c1/oc(C(=O)NCC2CC23CCN(C(=O)c2ccc(-c4ncn[nH]4)cc2)CC3)c/c1=C/C. The van der Waals surface area contributed by atoms with E-state index in [1.807, 2.05) is 42.2 Å². The summed E-state index contributed by atoms with van der Waals surface area (Å²) in [5.41, 5.74) is 2.32. The van der Waals surface area contributed by atoms with Crippen molar-refractivity contribution in [3.05, 3.63) is 58.6 Å². The average molecular weight is 473 g/mol. The molecule has 1 spiro atoms. The highest BCUT2D eigenvalue weighted by Gasteiger charge is 2.54. The molecule has 35 heavy (non-hydrogen) atoms. The summed E-state index contributed by atoms with van der Waals surface area (Å²) in [5.74, 6) is 1.22. The lowest BCUT2D eigenvalue weighted by atomic mass is 9.90. The fourth-order valence-electron chi connectivity index (χ4n) is 5.03. The molecular weight excluding hydrogens is 444 g/mol.